The van der Waals surface area contributed by atoms with Gasteiger partial charge in [-0.2, -0.15) is 4.98 Å². The van der Waals surface area contributed by atoms with Crippen LogP contribution in [0.2, 0.25) is 0 Å². The van der Waals surface area contributed by atoms with Gasteiger partial charge in [-0.25, -0.2) is 8.42 Å². The average Bonchev–Trinajstić information content (AvgIpc) is 2.90. The lowest BCUT2D eigenvalue weighted by Gasteiger charge is -2.10. The van der Waals surface area contributed by atoms with E-state index in [1.54, 1.807) is 12.1 Å². The molecule has 3 rings (SSSR count). The zero-order valence-corrected chi connectivity index (χ0v) is 11.9. The summed E-state index contributed by atoms with van der Waals surface area (Å²) in [7, 11) is 1.60. The standard InChI is InChI=1S/C12H11ClN2O4S/c13-20(17,18)7-8-5-11(16)15(6-8)12-14-9-3-1-2-4-10(9)19-12/h1-4,8H,5-7H2. The van der Waals surface area contributed by atoms with Crippen molar-refractivity contribution in [3.63, 3.8) is 0 Å². The van der Waals surface area contributed by atoms with Gasteiger partial charge in [0.1, 0.15) is 5.52 Å². The van der Waals surface area contributed by atoms with Crippen molar-refractivity contribution in [1.29, 1.82) is 0 Å². The summed E-state index contributed by atoms with van der Waals surface area (Å²) in [6, 6.07) is 7.37. The maximum Gasteiger partial charge on any atom is 0.305 e. The number of nitrogens with zero attached hydrogens (tertiary/aromatic N) is 2. The van der Waals surface area contributed by atoms with E-state index in [0.29, 0.717) is 11.1 Å². The van der Waals surface area contributed by atoms with Crippen LogP contribution in [-0.4, -0.2) is 31.6 Å². The number of oxazole rings is 1. The fraction of sp³-hybridized carbons (Fsp3) is 0.333. The normalized spacial score (nSPS) is 19.9. The molecular formula is C12H11ClN2O4S. The van der Waals surface area contributed by atoms with Crippen LogP contribution in [0.3, 0.4) is 0 Å². The third kappa shape index (κ3) is 2.64. The SMILES string of the molecule is O=C1CC(CS(=O)(=O)Cl)CN1c1nc2ccccc2o1. The fourth-order valence-corrected chi connectivity index (χ4v) is 3.66. The van der Waals surface area contributed by atoms with E-state index in [1.165, 1.54) is 4.90 Å². The van der Waals surface area contributed by atoms with Gasteiger partial charge in [-0.1, -0.05) is 12.1 Å². The summed E-state index contributed by atoms with van der Waals surface area (Å²) in [5, 5.41) is 0. The van der Waals surface area contributed by atoms with E-state index in [1.807, 2.05) is 12.1 Å². The van der Waals surface area contributed by atoms with Crippen LogP contribution in [-0.2, 0) is 13.8 Å². The van der Waals surface area contributed by atoms with Crippen LogP contribution < -0.4 is 4.90 Å². The van der Waals surface area contributed by atoms with Crippen molar-refractivity contribution in [3.8, 4) is 0 Å². The van der Waals surface area contributed by atoms with E-state index in [0.717, 1.165) is 0 Å². The van der Waals surface area contributed by atoms with Gasteiger partial charge >= 0.3 is 6.01 Å². The van der Waals surface area contributed by atoms with E-state index in [-0.39, 0.29) is 36.6 Å². The number of carbonyl (C=O) groups excluding carboxylic acids is 1. The van der Waals surface area contributed by atoms with Crippen molar-refractivity contribution >= 4 is 42.8 Å². The highest BCUT2D eigenvalue weighted by Gasteiger charge is 2.35. The third-order valence-electron chi connectivity index (χ3n) is 3.15. The van der Waals surface area contributed by atoms with Crippen LogP contribution in [0.1, 0.15) is 6.42 Å². The minimum absolute atomic E-state index is 0.130. The lowest BCUT2D eigenvalue weighted by Crippen LogP contribution is -2.25. The largest absolute Gasteiger partial charge is 0.423 e. The molecule has 0 radical (unpaired) electrons. The Kier molecular flexibility index (Phi) is 3.18. The van der Waals surface area contributed by atoms with Crippen LogP contribution in [0.25, 0.3) is 11.1 Å². The van der Waals surface area contributed by atoms with Crippen LogP contribution >= 0.6 is 10.7 Å². The lowest BCUT2D eigenvalue weighted by molar-refractivity contribution is -0.117. The molecular weight excluding hydrogens is 304 g/mol. The second-order valence-corrected chi connectivity index (χ2v) is 7.57. The molecule has 6 nitrogen and oxygen atoms in total. The molecule has 1 aromatic heterocycles. The molecule has 8 heteroatoms. The number of anilines is 1. The number of hydrogen-bond donors (Lipinski definition) is 0. The van der Waals surface area contributed by atoms with Crippen molar-refractivity contribution in [1.82, 2.24) is 4.98 Å². The van der Waals surface area contributed by atoms with Crippen LogP contribution in [0.15, 0.2) is 28.7 Å². The molecule has 1 unspecified atom stereocenters. The molecule has 0 spiro atoms. The third-order valence-corrected chi connectivity index (χ3v) is 4.40. The summed E-state index contributed by atoms with van der Waals surface area (Å²) in [5.41, 5.74) is 1.24. The van der Waals surface area contributed by atoms with Crippen LogP contribution in [0.5, 0.6) is 0 Å². The molecule has 0 bridgehead atoms. The van der Waals surface area contributed by atoms with Gasteiger partial charge in [0, 0.05) is 29.6 Å². The lowest BCUT2D eigenvalue weighted by atomic mass is 10.1. The van der Waals surface area contributed by atoms with Crippen LogP contribution in [0.4, 0.5) is 6.01 Å². The average molecular weight is 315 g/mol. The molecule has 1 aliphatic heterocycles. The monoisotopic (exact) mass is 314 g/mol. The number of amides is 1. The molecule has 0 saturated carbocycles. The molecule has 1 fully saturated rings. The summed E-state index contributed by atoms with van der Waals surface area (Å²) in [4.78, 5) is 17.5. The van der Waals surface area contributed by atoms with Crippen molar-refractivity contribution in [3.05, 3.63) is 24.3 Å². The van der Waals surface area contributed by atoms with E-state index in [2.05, 4.69) is 4.98 Å². The first kappa shape index (κ1) is 13.4. The highest BCUT2D eigenvalue weighted by atomic mass is 35.7. The van der Waals surface area contributed by atoms with Crippen molar-refractivity contribution in [2.45, 2.75) is 6.42 Å². The van der Waals surface area contributed by atoms with Crippen molar-refractivity contribution in [2.75, 3.05) is 17.2 Å². The topological polar surface area (TPSA) is 80.5 Å². The van der Waals surface area contributed by atoms with Gasteiger partial charge in [0.25, 0.3) is 0 Å². The Morgan fingerprint density at radius 1 is 1.40 bits per heavy atom. The molecule has 0 aliphatic carbocycles. The Balaban J connectivity index is 1.85. The Bertz CT molecular complexity index is 738. The summed E-state index contributed by atoms with van der Waals surface area (Å²) < 4.78 is 27.7. The molecule has 2 aromatic rings. The molecule has 1 saturated heterocycles. The number of carbonyl (C=O) groups is 1. The highest BCUT2D eigenvalue weighted by Crippen LogP contribution is 2.28. The molecule has 0 N–H and O–H groups in total. The molecule has 106 valence electrons. The van der Waals surface area contributed by atoms with Crippen LogP contribution in [0, 0.1) is 5.92 Å². The summed E-state index contributed by atoms with van der Waals surface area (Å²) in [5.74, 6) is -0.765. The predicted octanol–water partition coefficient (Wildman–Crippen LogP) is 1.75. The minimum Gasteiger partial charge on any atom is -0.423 e. The molecule has 2 heterocycles. The minimum atomic E-state index is -3.62. The van der Waals surface area contributed by atoms with Gasteiger partial charge in [-0.15, -0.1) is 0 Å². The smallest absolute Gasteiger partial charge is 0.305 e. The Labute approximate surface area is 119 Å². The number of fused-ring (bicyclic) bond motifs is 1. The maximum absolute atomic E-state index is 11.9. The zero-order valence-electron chi connectivity index (χ0n) is 10.3. The first-order chi connectivity index (χ1) is 9.42. The number of halogens is 1. The van der Waals surface area contributed by atoms with Gasteiger partial charge in [0.2, 0.25) is 15.0 Å². The molecule has 1 aromatic carbocycles. The number of hydrogen-bond acceptors (Lipinski definition) is 5. The summed E-state index contributed by atoms with van der Waals surface area (Å²) >= 11 is 0. The molecule has 1 aliphatic rings. The van der Waals surface area contributed by atoms with E-state index in [9.17, 15) is 13.2 Å². The van der Waals surface area contributed by atoms with E-state index >= 15 is 0 Å². The first-order valence-corrected chi connectivity index (χ1v) is 8.48. The zero-order chi connectivity index (χ0) is 14.3. The second kappa shape index (κ2) is 4.75. The summed E-state index contributed by atoms with van der Waals surface area (Å²) in [6.45, 7) is 0.248. The van der Waals surface area contributed by atoms with Crippen molar-refractivity contribution < 1.29 is 17.6 Å². The highest BCUT2D eigenvalue weighted by molar-refractivity contribution is 8.13. The van der Waals surface area contributed by atoms with Gasteiger partial charge in [-0.05, 0) is 12.1 Å². The molecule has 1 amide bonds. The quantitative estimate of drug-likeness (QED) is 0.806. The Morgan fingerprint density at radius 2 is 2.15 bits per heavy atom. The Hall–Kier alpha value is -1.60. The summed E-state index contributed by atoms with van der Waals surface area (Å²) in [6.07, 6.45) is 0.130. The maximum atomic E-state index is 11.9. The predicted molar refractivity (Wildman–Crippen MR) is 74.1 cm³/mol. The molecule has 20 heavy (non-hydrogen) atoms. The van der Waals surface area contributed by atoms with Crippen molar-refractivity contribution in [2.24, 2.45) is 5.92 Å². The van der Waals surface area contributed by atoms with Gasteiger partial charge < -0.3 is 4.42 Å². The fourth-order valence-electron chi connectivity index (χ4n) is 2.34. The number of rotatable bonds is 3. The van der Waals surface area contributed by atoms with E-state index in [4.69, 9.17) is 15.1 Å². The molecule has 1 atom stereocenters. The van der Waals surface area contributed by atoms with Gasteiger partial charge in [0.15, 0.2) is 5.58 Å². The number of aromatic nitrogens is 1. The van der Waals surface area contributed by atoms with Gasteiger partial charge in [0.05, 0.1) is 5.75 Å². The Morgan fingerprint density at radius 3 is 2.85 bits per heavy atom. The second-order valence-electron chi connectivity index (χ2n) is 4.74. The first-order valence-electron chi connectivity index (χ1n) is 6.00. The number of para-hydroxylation sites is 2. The van der Waals surface area contributed by atoms with Gasteiger partial charge in [-0.3, -0.25) is 9.69 Å². The number of benzene rings is 1. The van der Waals surface area contributed by atoms with E-state index < -0.39 is 9.05 Å².